The topological polar surface area (TPSA) is 90.0 Å². The molecular weight excluding hydrogens is 418 g/mol. The number of benzene rings is 2. The first-order valence-electron chi connectivity index (χ1n) is 11.7. The summed E-state index contributed by atoms with van der Waals surface area (Å²) in [6.45, 7) is 4.75. The number of carboxylic acid groups (broad SMARTS) is 1. The van der Waals surface area contributed by atoms with Crippen molar-refractivity contribution in [2.24, 2.45) is 11.8 Å². The first-order chi connectivity index (χ1) is 15.9. The molecule has 0 unspecified atom stereocenters. The Balaban J connectivity index is 1.43. The summed E-state index contributed by atoms with van der Waals surface area (Å²) in [5.74, 6) is -2.60. The molecule has 0 aromatic heterocycles. The third-order valence-corrected chi connectivity index (χ3v) is 6.77. The Morgan fingerprint density at radius 2 is 1.61 bits per heavy atom. The van der Waals surface area contributed by atoms with Crippen LogP contribution in [0.2, 0.25) is 0 Å². The second-order valence-corrected chi connectivity index (χ2v) is 8.99. The summed E-state index contributed by atoms with van der Waals surface area (Å²) in [6, 6.07) is 15.4. The standard InChI is InChI=1S/C26H31N3O4/c1-18-7-6-8-19(17-18)28-13-15-29(16-14-28)25(31)22-11-4-5-12-23(22)27-24(30)20-9-2-3-10-21(20)26(32)33/h4-8,11-12,17,20-21H,2-3,9-10,13-16H2,1H3,(H,27,30)(H,32,33)/t20-,21-/m0/s1. The monoisotopic (exact) mass is 449 g/mol. The van der Waals surface area contributed by atoms with Crippen molar-refractivity contribution in [2.45, 2.75) is 32.6 Å². The second-order valence-electron chi connectivity index (χ2n) is 8.99. The van der Waals surface area contributed by atoms with E-state index in [0.717, 1.165) is 31.6 Å². The molecule has 2 amide bonds. The number of rotatable bonds is 5. The minimum absolute atomic E-state index is 0.117. The lowest BCUT2D eigenvalue weighted by Crippen LogP contribution is -2.49. The van der Waals surface area contributed by atoms with Gasteiger partial charge in [-0.1, -0.05) is 37.1 Å². The van der Waals surface area contributed by atoms with E-state index in [0.29, 0.717) is 37.2 Å². The molecule has 0 bridgehead atoms. The Morgan fingerprint density at radius 3 is 2.30 bits per heavy atom. The van der Waals surface area contributed by atoms with Crippen molar-refractivity contribution in [3.05, 3.63) is 59.7 Å². The fourth-order valence-electron chi connectivity index (χ4n) is 4.91. The van der Waals surface area contributed by atoms with E-state index in [1.807, 2.05) is 11.0 Å². The number of para-hydroxylation sites is 1. The van der Waals surface area contributed by atoms with Crippen molar-refractivity contribution in [3.63, 3.8) is 0 Å². The van der Waals surface area contributed by atoms with Gasteiger partial charge in [0.2, 0.25) is 5.91 Å². The third-order valence-electron chi connectivity index (χ3n) is 6.77. The largest absolute Gasteiger partial charge is 0.481 e. The molecular formula is C26H31N3O4. The van der Waals surface area contributed by atoms with Crippen molar-refractivity contribution >= 4 is 29.2 Å². The van der Waals surface area contributed by atoms with Crippen LogP contribution in [0.1, 0.15) is 41.6 Å². The molecule has 2 aromatic carbocycles. The highest BCUT2D eigenvalue weighted by atomic mass is 16.4. The number of amides is 2. The lowest BCUT2D eigenvalue weighted by molar-refractivity contribution is -0.147. The highest BCUT2D eigenvalue weighted by molar-refractivity contribution is 6.04. The summed E-state index contributed by atoms with van der Waals surface area (Å²) >= 11 is 0. The van der Waals surface area contributed by atoms with Crippen LogP contribution in [0.3, 0.4) is 0 Å². The van der Waals surface area contributed by atoms with Crippen LogP contribution >= 0.6 is 0 Å². The van der Waals surface area contributed by atoms with Gasteiger partial charge in [0.15, 0.2) is 0 Å². The number of carbonyl (C=O) groups is 3. The van der Waals surface area contributed by atoms with Crippen molar-refractivity contribution in [1.29, 1.82) is 0 Å². The van der Waals surface area contributed by atoms with E-state index in [4.69, 9.17) is 0 Å². The zero-order valence-electron chi connectivity index (χ0n) is 19.0. The zero-order chi connectivity index (χ0) is 23.4. The summed E-state index contributed by atoms with van der Waals surface area (Å²) in [5, 5.41) is 12.4. The molecule has 0 spiro atoms. The number of hydrogen-bond acceptors (Lipinski definition) is 4. The molecule has 1 saturated carbocycles. The number of nitrogens with zero attached hydrogens (tertiary/aromatic N) is 2. The molecule has 174 valence electrons. The summed E-state index contributed by atoms with van der Waals surface area (Å²) in [5.41, 5.74) is 3.26. The van der Waals surface area contributed by atoms with Crippen LogP contribution in [-0.2, 0) is 9.59 Å². The van der Waals surface area contributed by atoms with E-state index < -0.39 is 17.8 Å². The molecule has 7 heteroatoms. The lowest BCUT2D eigenvalue weighted by Gasteiger charge is -2.36. The van der Waals surface area contributed by atoms with Gasteiger partial charge in [-0.2, -0.15) is 0 Å². The molecule has 1 saturated heterocycles. The van der Waals surface area contributed by atoms with Crippen LogP contribution < -0.4 is 10.2 Å². The number of nitrogens with one attached hydrogen (secondary N) is 1. The molecule has 7 nitrogen and oxygen atoms in total. The van der Waals surface area contributed by atoms with Gasteiger partial charge < -0.3 is 20.2 Å². The number of carboxylic acids is 1. The van der Waals surface area contributed by atoms with E-state index in [1.165, 1.54) is 5.56 Å². The number of aliphatic carboxylic acids is 1. The van der Waals surface area contributed by atoms with E-state index in [1.54, 1.807) is 24.3 Å². The van der Waals surface area contributed by atoms with Crippen molar-refractivity contribution in [3.8, 4) is 0 Å². The van der Waals surface area contributed by atoms with Gasteiger partial charge in [-0.25, -0.2) is 0 Å². The zero-order valence-corrected chi connectivity index (χ0v) is 19.0. The van der Waals surface area contributed by atoms with Gasteiger partial charge in [-0.05, 0) is 49.6 Å². The number of piperazine rings is 1. The minimum atomic E-state index is -0.925. The van der Waals surface area contributed by atoms with E-state index in [9.17, 15) is 19.5 Å². The molecule has 1 aliphatic carbocycles. The first kappa shape index (κ1) is 22.8. The van der Waals surface area contributed by atoms with Gasteiger partial charge in [0, 0.05) is 31.9 Å². The number of aryl methyl sites for hydroxylation is 1. The predicted octanol–water partition coefficient (Wildman–Crippen LogP) is 3.79. The second kappa shape index (κ2) is 10.1. The van der Waals surface area contributed by atoms with Crippen molar-refractivity contribution < 1.29 is 19.5 Å². The third kappa shape index (κ3) is 5.18. The summed E-state index contributed by atoms with van der Waals surface area (Å²) in [6.07, 6.45) is 2.73. The first-order valence-corrected chi connectivity index (χ1v) is 11.7. The predicted molar refractivity (Wildman–Crippen MR) is 127 cm³/mol. The average Bonchev–Trinajstić information content (AvgIpc) is 2.84. The SMILES string of the molecule is Cc1cccc(N2CCN(C(=O)c3ccccc3NC(=O)[C@H]3CCCC[C@@H]3C(=O)O)CC2)c1. The molecule has 1 heterocycles. The molecule has 2 aliphatic rings. The van der Waals surface area contributed by atoms with Crippen LogP contribution in [0.15, 0.2) is 48.5 Å². The normalized spacial score (nSPS) is 20.9. The minimum Gasteiger partial charge on any atom is -0.481 e. The molecule has 2 atom stereocenters. The maximum absolute atomic E-state index is 13.3. The van der Waals surface area contributed by atoms with Gasteiger partial charge >= 0.3 is 5.97 Å². The molecule has 4 rings (SSSR count). The number of carbonyl (C=O) groups excluding carboxylic acids is 2. The Bertz CT molecular complexity index is 1030. The van der Waals surface area contributed by atoms with E-state index in [2.05, 4.69) is 35.3 Å². The van der Waals surface area contributed by atoms with Crippen LogP contribution in [0.25, 0.3) is 0 Å². The van der Waals surface area contributed by atoms with E-state index in [-0.39, 0.29) is 11.8 Å². The maximum Gasteiger partial charge on any atom is 0.307 e. The average molecular weight is 450 g/mol. The van der Waals surface area contributed by atoms with E-state index >= 15 is 0 Å². The molecule has 2 fully saturated rings. The summed E-state index contributed by atoms with van der Waals surface area (Å²) in [4.78, 5) is 42.0. The van der Waals surface area contributed by atoms with Crippen LogP contribution in [0, 0.1) is 18.8 Å². The quantitative estimate of drug-likeness (QED) is 0.725. The van der Waals surface area contributed by atoms with Gasteiger partial charge in [-0.3, -0.25) is 14.4 Å². The summed E-state index contributed by atoms with van der Waals surface area (Å²) < 4.78 is 0. The molecule has 1 aliphatic heterocycles. The molecule has 2 aromatic rings. The Labute approximate surface area is 194 Å². The van der Waals surface area contributed by atoms with Gasteiger partial charge in [0.05, 0.1) is 23.1 Å². The van der Waals surface area contributed by atoms with Crippen molar-refractivity contribution in [1.82, 2.24) is 4.90 Å². The van der Waals surface area contributed by atoms with Gasteiger partial charge in [0.1, 0.15) is 0 Å². The fourth-order valence-corrected chi connectivity index (χ4v) is 4.91. The van der Waals surface area contributed by atoms with Gasteiger partial charge in [0.25, 0.3) is 5.91 Å². The lowest BCUT2D eigenvalue weighted by atomic mass is 9.78. The van der Waals surface area contributed by atoms with Gasteiger partial charge in [-0.15, -0.1) is 0 Å². The fraction of sp³-hybridized carbons (Fsp3) is 0.423. The van der Waals surface area contributed by atoms with Crippen LogP contribution in [-0.4, -0.2) is 54.0 Å². The smallest absolute Gasteiger partial charge is 0.307 e. The highest BCUT2D eigenvalue weighted by Crippen LogP contribution is 2.32. The molecule has 0 radical (unpaired) electrons. The Hall–Kier alpha value is -3.35. The molecule has 2 N–H and O–H groups in total. The molecule has 33 heavy (non-hydrogen) atoms. The number of hydrogen-bond donors (Lipinski definition) is 2. The highest BCUT2D eigenvalue weighted by Gasteiger charge is 2.36. The van der Waals surface area contributed by atoms with Crippen LogP contribution in [0.4, 0.5) is 11.4 Å². The van der Waals surface area contributed by atoms with Crippen molar-refractivity contribution in [2.75, 3.05) is 36.4 Å². The maximum atomic E-state index is 13.3. The summed E-state index contributed by atoms with van der Waals surface area (Å²) in [7, 11) is 0. The van der Waals surface area contributed by atoms with Crippen LogP contribution in [0.5, 0.6) is 0 Å². The Morgan fingerprint density at radius 1 is 0.909 bits per heavy atom. The number of anilines is 2. The Kier molecular flexibility index (Phi) is 6.96.